The van der Waals surface area contributed by atoms with E-state index in [-0.39, 0.29) is 17.9 Å². The number of amides is 1. The second-order valence-electron chi connectivity index (χ2n) is 8.64. The Morgan fingerprint density at radius 3 is 2.28 bits per heavy atom. The van der Waals surface area contributed by atoms with E-state index in [1.165, 1.54) is 12.0 Å². The SMILES string of the molecule is COc1cccc(C2C(C(=O)C(C)(C)C)=C(O)C(=O)N2Cc2ccc(OC)c(OC)c2)c1. The number of rotatable bonds is 7. The second kappa shape index (κ2) is 8.94. The number of ketones is 1. The highest BCUT2D eigenvalue weighted by molar-refractivity contribution is 6.10. The molecule has 7 nitrogen and oxygen atoms in total. The first-order valence-corrected chi connectivity index (χ1v) is 10.3. The third kappa shape index (κ3) is 4.28. The van der Waals surface area contributed by atoms with Gasteiger partial charge in [-0.25, -0.2) is 0 Å². The number of nitrogens with zero attached hydrogens (tertiary/aromatic N) is 1. The molecule has 2 aromatic rings. The zero-order valence-corrected chi connectivity index (χ0v) is 19.3. The summed E-state index contributed by atoms with van der Waals surface area (Å²) in [6, 6.07) is 11.8. The number of hydrogen-bond donors (Lipinski definition) is 1. The number of ether oxygens (including phenoxy) is 3. The Kier molecular flexibility index (Phi) is 6.48. The molecule has 3 rings (SSSR count). The van der Waals surface area contributed by atoms with Crippen molar-refractivity contribution < 1.29 is 28.9 Å². The maximum atomic E-state index is 13.3. The van der Waals surface area contributed by atoms with Crippen molar-refractivity contribution in [1.82, 2.24) is 4.90 Å². The van der Waals surface area contributed by atoms with E-state index in [2.05, 4.69) is 0 Å². The lowest BCUT2D eigenvalue weighted by Crippen LogP contribution is -2.32. The summed E-state index contributed by atoms with van der Waals surface area (Å²) in [6.45, 7) is 5.45. The number of benzene rings is 2. The summed E-state index contributed by atoms with van der Waals surface area (Å²) in [6.07, 6.45) is 0. The van der Waals surface area contributed by atoms with Crippen molar-refractivity contribution in [3.8, 4) is 17.2 Å². The Morgan fingerprint density at radius 2 is 1.69 bits per heavy atom. The van der Waals surface area contributed by atoms with Crippen LogP contribution >= 0.6 is 0 Å². The minimum Gasteiger partial charge on any atom is -0.503 e. The topological polar surface area (TPSA) is 85.3 Å². The van der Waals surface area contributed by atoms with Gasteiger partial charge in [-0.15, -0.1) is 0 Å². The first-order chi connectivity index (χ1) is 15.1. The lowest BCUT2D eigenvalue weighted by atomic mass is 9.82. The van der Waals surface area contributed by atoms with Crippen molar-refractivity contribution in [1.29, 1.82) is 0 Å². The van der Waals surface area contributed by atoms with Gasteiger partial charge in [-0.05, 0) is 35.4 Å². The van der Waals surface area contributed by atoms with E-state index >= 15 is 0 Å². The summed E-state index contributed by atoms with van der Waals surface area (Å²) >= 11 is 0. The van der Waals surface area contributed by atoms with E-state index < -0.39 is 23.1 Å². The lowest BCUT2D eigenvalue weighted by Gasteiger charge is -2.29. The Labute approximate surface area is 188 Å². The summed E-state index contributed by atoms with van der Waals surface area (Å²) < 4.78 is 16.0. The zero-order valence-electron chi connectivity index (χ0n) is 19.3. The quantitative estimate of drug-likeness (QED) is 0.695. The van der Waals surface area contributed by atoms with Gasteiger partial charge < -0.3 is 24.2 Å². The van der Waals surface area contributed by atoms with Gasteiger partial charge in [-0.1, -0.05) is 39.0 Å². The molecule has 32 heavy (non-hydrogen) atoms. The van der Waals surface area contributed by atoms with Gasteiger partial charge in [-0.2, -0.15) is 0 Å². The molecule has 1 N–H and O–H groups in total. The molecule has 0 spiro atoms. The number of carbonyl (C=O) groups excluding carboxylic acids is 2. The van der Waals surface area contributed by atoms with Crippen LogP contribution in [0, 0.1) is 5.41 Å². The second-order valence-corrected chi connectivity index (χ2v) is 8.64. The Hall–Kier alpha value is -3.48. The molecule has 170 valence electrons. The molecule has 1 amide bonds. The number of Topliss-reactive ketones (excluding diaryl/α,β-unsaturated/α-hetero) is 1. The summed E-state index contributed by atoms with van der Waals surface area (Å²) in [4.78, 5) is 27.9. The van der Waals surface area contributed by atoms with Crippen molar-refractivity contribution in [3.05, 3.63) is 64.9 Å². The molecule has 1 unspecified atom stereocenters. The molecule has 1 atom stereocenters. The average molecular weight is 440 g/mol. The standard InChI is InChI=1S/C25H29NO6/c1-25(2,3)23(28)20-21(16-8-7-9-17(13-16)30-4)26(24(29)22(20)27)14-15-10-11-18(31-5)19(12-15)32-6/h7-13,21,27H,14H2,1-6H3. The molecule has 0 aromatic heterocycles. The van der Waals surface area contributed by atoms with Gasteiger partial charge in [0, 0.05) is 12.0 Å². The van der Waals surface area contributed by atoms with Gasteiger partial charge in [0.15, 0.2) is 23.0 Å². The Morgan fingerprint density at radius 1 is 1.00 bits per heavy atom. The van der Waals surface area contributed by atoms with E-state index in [4.69, 9.17) is 14.2 Å². The van der Waals surface area contributed by atoms with Crippen LogP contribution in [0.15, 0.2) is 53.8 Å². The third-order valence-corrected chi connectivity index (χ3v) is 5.44. The maximum Gasteiger partial charge on any atom is 0.290 e. The van der Waals surface area contributed by atoms with Crippen LogP contribution in [0.3, 0.4) is 0 Å². The van der Waals surface area contributed by atoms with Gasteiger partial charge in [0.1, 0.15) is 5.75 Å². The maximum absolute atomic E-state index is 13.3. The van der Waals surface area contributed by atoms with Crippen LogP contribution in [0.1, 0.15) is 37.9 Å². The highest BCUT2D eigenvalue weighted by atomic mass is 16.5. The number of aliphatic hydroxyl groups excluding tert-OH is 1. The molecule has 1 aliphatic rings. The van der Waals surface area contributed by atoms with Crippen molar-refractivity contribution in [2.75, 3.05) is 21.3 Å². The zero-order chi connectivity index (χ0) is 23.6. The highest BCUT2D eigenvalue weighted by Crippen LogP contribution is 2.42. The predicted octanol–water partition coefficient (Wildman–Crippen LogP) is 4.22. The largest absolute Gasteiger partial charge is 0.503 e. The summed E-state index contributed by atoms with van der Waals surface area (Å²) in [5, 5.41) is 10.8. The Balaban J connectivity index is 2.10. The van der Waals surface area contributed by atoms with Gasteiger partial charge in [0.25, 0.3) is 5.91 Å². The first kappa shape index (κ1) is 23.2. The van der Waals surface area contributed by atoms with Crippen molar-refractivity contribution in [3.63, 3.8) is 0 Å². The average Bonchev–Trinajstić information content (AvgIpc) is 3.02. The summed E-state index contributed by atoms with van der Waals surface area (Å²) in [5.41, 5.74) is 0.757. The molecule has 0 saturated heterocycles. The van der Waals surface area contributed by atoms with Crippen molar-refractivity contribution in [2.45, 2.75) is 33.4 Å². The fourth-order valence-electron chi connectivity index (χ4n) is 3.79. The number of methoxy groups -OCH3 is 3. The normalized spacial score (nSPS) is 16.4. The van der Waals surface area contributed by atoms with Crippen LogP contribution in [0.2, 0.25) is 0 Å². The molecule has 0 saturated carbocycles. The van der Waals surface area contributed by atoms with Gasteiger partial charge in [-0.3, -0.25) is 9.59 Å². The minimum absolute atomic E-state index is 0.0937. The lowest BCUT2D eigenvalue weighted by molar-refractivity contribution is -0.130. The number of hydrogen-bond acceptors (Lipinski definition) is 6. The predicted molar refractivity (Wildman–Crippen MR) is 120 cm³/mol. The fraction of sp³-hybridized carbons (Fsp3) is 0.360. The molecule has 0 fully saturated rings. The number of carbonyl (C=O) groups is 2. The van der Waals surface area contributed by atoms with Gasteiger partial charge in [0.2, 0.25) is 0 Å². The number of aliphatic hydroxyl groups is 1. The van der Waals surface area contributed by atoms with Crippen molar-refractivity contribution >= 4 is 11.7 Å². The van der Waals surface area contributed by atoms with E-state index in [9.17, 15) is 14.7 Å². The molecule has 1 aliphatic heterocycles. The molecule has 2 aromatic carbocycles. The monoisotopic (exact) mass is 439 g/mol. The first-order valence-electron chi connectivity index (χ1n) is 10.3. The van der Waals surface area contributed by atoms with Crippen LogP contribution in [-0.2, 0) is 16.1 Å². The smallest absolute Gasteiger partial charge is 0.290 e. The molecule has 0 aliphatic carbocycles. The molecular weight excluding hydrogens is 410 g/mol. The van der Waals surface area contributed by atoms with Crippen LogP contribution in [-0.4, -0.2) is 43.0 Å². The van der Waals surface area contributed by atoms with Crippen LogP contribution in [0.5, 0.6) is 17.2 Å². The molecular formula is C25H29NO6. The summed E-state index contributed by atoms with van der Waals surface area (Å²) in [7, 11) is 4.64. The van der Waals surface area contributed by atoms with Gasteiger partial charge >= 0.3 is 0 Å². The van der Waals surface area contributed by atoms with E-state index in [1.807, 2.05) is 12.1 Å². The molecule has 0 bridgehead atoms. The summed E-state index contributed by atoms with van der Waals surface area (Å²) in [5.74, 6) is 0.287. The van der Waals surface area contributed by atoms with Crippen LogP contribution in [0.25, 0.3) is 0 Å². The van der Waals surface area contributed by atoms with E-state index in [1.54, 1.807) is 65.3 Å². The van der Waals surface area contributed by atoms with Crippen molar-refractivity contribution in [2.24, 2.45) is 5.41 Å². The van der Waals surface area contributed by atoms with E-state index in [0.29, 0.717) is 22.8 Å². The third-order valence-electron chi connectivity index (χ3n) is 5.44. The van der Waals surface area contributed by atoms with Crippen LogP contribution in [0.4, 0.5) is 0 Å². The fourth-order valence-corrected chi connectivity index (χ4v) is 3.79. The Bertz CT molecular complexity index is 1070. The van der Waals surface area contributed by atoms with E-state index in [0.717, 1.165) is 5.56 Å². The molecule has 0 radical (unpaired) electrons. The molecule has 7 heteroatoms. The highest BCUT2D eigenvalue weighted by Gasteiger charge is 2.46. The molecule has 1 heterocycles. The minimum atomic E-state index is -0.778. The van der Waals surface area contributed by atoms with Gasteiger partial charge in [0.05, 0.1) is 32.9 Å². The van der Waals surface area contributed by atoms with Crippen LogP contribution < -0.4 is 14.2 Å².